The molecule has 1 heterocycles. The molecule has 0 atom stereocenters. The van der Waals surface area contributed by atoms with Crippen molar-refractivity contribution in [3.05, 3.63) is 59.9 Å². The monoisotopic (exact) mass is 282 g/mol. The lowest BCUT2D eigenvalue weighted by atomic mass is 10.2. The van der Waals surface area contributed by atoms with Crippen LogP contribution in [-0.4, -0.2) is 21.4 Å². The van der Waals surface area contributed by atoms with Crippen LogP contribution >= 0.6 is 0 Å². The van der Waals surface area contributed by atoms with Gasteiger partial charge in [0.1, 0.15) is 6.54 Å². The van der Waals surface area contributed by atoms with Crippen molar-refractivity contribution >= 4 is 17.7 Å². The van der Waals surface area contributed by atoms with Gasteiger partial charge in [-0.1, -0.05) is 36.4 Å². The van der Waals surface area contributed by atoms with Crippen LogP contribution in [-0.2, 0) is 11.3 Å². The zero-order valence-electron chi connectivity index (χ0n) is 12.2. The Balaban J connectivity index is 1.87. The molecule has 0 aliphatic heterocycles. The maximum atomic E-state index is 11.7. The molecular formula is C16H18N4O. The van der Waals surface area contributed by atoms with Crippen LogP contribution < -0.4 is 5.43 Å². The summed E-state index contributed by atoms with van der Waals surface area (Å²) in [6.45, 7) is 3.90. The van der Waals surface area contributed by atoms with E-state index >= 15 is 0 Å². The van der Waals surface area contributed by atoms with E-state index in [1.807, 2.05) is 62.4 Å². The molecule has 0 aliphatic carbocycles. The number of hydrogen-bond acceptors (Lipinski definition) is 3. The maximum Gasteiger partial charge on any atom is 0.261 e. The molecule has 2 rings (SSSR count). The molecule has 0 aliphatic rings. The van der Waals surface area contributed by atoms with Crippen molar-refractivity contribution in [2.24, 2.45) is 5.10 Å². The Kier molecular flexibility index (Phi) is 5.04. The molecule has 2 aromatic rings. The fraction of sp³-hybridized carbons (Fsp3) is 0.188. The van der Waals surface area contributed by atoms with Crippen LogP contribution in [0.5, 0.6) is 0 Å². The summed E-state index contributed by atoms with van der Waals surface area (Å²) in [6, 6.07) is 11.8. The van der Waals surface area contributed by atoms with Gasteiger partial charge in [-0.3, -0.25) is 9.48 Å². The number of nitrogens with one attached hydrogen (secondary N) is 1. The predicted molar refractivity (Wildman–Crippen MR) is 83.7 cm³/mol. The predicted octanol–water partition coefficient (Wildman–Crippen LogP) is 2.40. The first kappa shape index (κ1) is 14.7. The molecule has 1 amide bonds. The molecule has 1 aromatic heterocycles. The largest absolute Gasteiger partial charge is 0.271 e. The first-order valence-electron chi connectivity index (χ1n) is 6.70. The normalized spacial score (nSPS) is 11.8. The van der Waals surface area contributed by atoms with Crippen molar-refractivity contribution in [2.75, 3.05) is 0 Å². The Bertz CT molecular complexity index is 656. The summed E-state index contributed by atoms with van der Waals surface area (Å²) >= 11 is 0. The van der Waals surface area contributed by atoms with E-state index in [2.05, 4.69) is 15.6 Å². The van der Waals surface area contributed by atoms with Crippen LogP contribution in [0.25, 0.3) is 6.08 Å². The van der Waals surface area contributed by atoms with E-state index in [4.69, 9.17) is 0 Å². The number of rotatable bonds is 5. The first-order chi connectivity index (χ1) is 10.1. The summed E-state index contributed by atoms with van der Waals surface area (Å²) in [4.78, 5) is 11.7. The van der Waals surface area contributed by atoms with Gasteiger partial charge in [0.25, 0.3) is 5.91 Å². The van der Waals surface area contributed by atoms with Crippen molar-refractivity contribution in [1.29, 1.82) is 0 Å². The van der Waals surface area contributed by atoms with E-state index in [0.717, 1.165) is 17.0 Å². The second-order valence-corrected chi connectivity index (χ2v) is 4.66. The third kappa shape index (κ3) is 4.72. The van der Waals surface area contributed by atoms with Crippen LogP contribution in [0.2, 0.25) is 0 Å². The lowest BCUT2D eigenvalue weighted by Gasteiger charge is -2.03. The molecule has 21 heavy (non-hydrogen) atoms. The minimum absolute atomic E-state index is 0.165. The van der Waals surface area contributed by atoms with E-state index in [0.29, 0.717) is 0 Å². The van der Waals surface area contributed by atoms with Crippen LogP contribution in [0.4, 0.5) is 0 Å². The highest BCUT2D eigenvalue weighted by atomic mass is 16.2. The summed E-state index contributed by atoms with van der Waals surface area (Å²) in [5.74, 6) is -0.200. The fourth-order valence-corrected chi connectivity index (χ4v) is 1.70. The number of hydrazone groups is 1. The number of allylic oxidation sites excluding steroid dienone is 1. The molecule has 0 radical (unpaired) electrons. The highest BCUT2D eigenvalue weighted by Gasteiger charge is 2.03. The van der Waals surface area contributed by atoms with Gasteiger partial charge >= 0.3 is 0 Å². The molecule has 0 unspecified atom stereocenters. The smallest absolute Gasteiger partial charge is 0.261 e. The van der Waals surface area contributed by atoms with Gasteiger partial charge in [-0.25, -0.2) is 5.43 Å². The first-order valence-corrected chi connectivity index (χ1v) is 6.70. The maximum absolute atomic E-state index is 11.7. The van der Waals surface area contributed by atoms with Crippen molar-refractivity contribution in [3.8, 4) is 0 Å². The van der Waals surface area contributed by atoms with E-state index in [1.54, 1.807) is 10.9 Å². The molecule has 108 valence electrons. The third-order valence-corrected chi connectivity index (χ3v) is 2.90. The standard InChI is InChI=1S/C16H18N4O/c1-13(8-9-15-6-4-3-5-7-15)18-19-16(21)12-20-14(2)10-11-17-20/h3-11H,12H2,1-2H3,(H,19,21)/b9-8+,18-13?. The number of aromatic nitrogens is 2. The van der Waals surface area contributed by atoms with E-state index in [1.165, 1.54) is 0 Å². The van der Waals surface area contributed by atoms with Crippen LogP contribution in [0.15, 0.2) is 53.8 Å². The minimum atomic E-state index is -0.200. The Labute approximate surface area is 124 Å². The Hall–Kier alpha value is -2.69. The highest BCUT2D eigenvalue weighted by Crippen LogP contribution is 2.01. The van der Waals surface area contributed by atoms with Crippen LogP contribution in [0, 0.1) is 6.92 Å². The van der Waals surface area contributed by atoms with Gasteiger partial charge in [0.05, 0.1) is 5.71 Å². The number of aryl methyl sites for hydroxylation is 1. The third-order valence-electron chi connectivity index (χ3n) is 2.90. The van der Waals surface area contributed by atoms with Gasteiger partial charge in [-0.2, -0.15) is 10.2 Å². The van der Waals surface area contributed by atoms with Gasteiger partial charge in [-0.05, 0) is 31.6 Å². The second kappa shape index (κ2) is 7.19. The second-order valence-electron chi connectivity index (χ2n) is 4.66. The zero-order chi connectivity index (χ0) is 15.1. The molecule has 0 saturated carbocycles. The molecule has 0 fully saturated rings. The van der Waals surface area contributed by atoms with Gasteiger partial charge in [0, 0.05) is 11.9 Å². The molecule has 1 aromatic carbocycles. The average molecular weight is 282 g/mol. The number of carbonyl (C=O) groups is 1. The van der Waals surface area contributed by atoms with Gasteiger partial charge < -0.3 is 0 Å². The Morgan fingerprint density at radius 2 is 2.10 bits per heavy atom. The number of benzene rings is 1. The molecule has 5 nitrogen and oxygen atoms in total. The van der Waals surface area contributed by atoms with Crippen LogP contribution in [0.3, 0.4) is 0 Å². The van der Waals surface area contributed by atoms with Gasteiger partial charge in [-0.15, -0.1) is 0 Å². The average Bonchev–Trinajstić information content (AvgIpc) is 2.89. The van der Waals surface area contributed by atoms with Crippen molar-refractivity contribution in [2.45, 2.75) is 20.4 Å². The van der Waals surface area contributed by atoms with Crippen molar-refractivity contribution in [1.82, 2.24) is 15.2 Å². The van der Waals surface area contributed by atoms with E-state index < -0.39 is 0 Å². The van der Waals surface area contributed by atoms with Crippen molar-refractivity contribution < 1.29 is 4.79 Å². The summed E-state index contributed by atoms with van der Waals surface area (Å²) in [5.41, 5.74) is 5.28. The molecule has 0 spiro atoms. The summed E-state index contributed by atoms with van der Waals surface area (Å²) < 4.78 is 1.62. The lowest BCUT2D eigenvalue weighted by Crippen LogP contribution is -2.24. The van der Waals surface area contributed by atoms with E-state index in [-0.39, 0.29) is 12.5 Å². The molecule has 1 N–H and O–H groups in total. The van der Waals surface area contributed by atoms with E-state index in [9.17, 15) is 4.79 Å². The van der Waals surface area contributed by atoms with Crippen LogP contribution in [0.1, 0.15) is 18.2 Å². The van der Waals surface area contributed by atoms with Gasteiger partial charge in [0.2, 0.25) is 0 Å². The van der Waals surface area contributed by atoms with Crippen molar-refractivity contribution in [3.63, 3.8) is 0 Å². The SMILES string of the molecule is CC(/C=C/c1ccccc1)=NNC(=O)Cn1nccc1C. The lowest BCUT2D eigenvalue weighted by molar-refractivity contribution is -0.121. The fourth-order valence-electron chi connectivity index (χ4n) is 1.70. The zero-order valence-corrected chi connectivity index (χ0v) is 12.2. The highest BCUT2D eigenvalue weighted by molar-refractivity contribution is 5.96. The Morgan fingerprint density at radius 3 is 2.76 bits per heavy atom. The summed E-state index contributed by atoms with van der Waals surface area (Å²) in [5, 5.41) is 8.09. The summed E-state index contributed by atoms with van der Waals surface area (Å²) in [6.07, 6.45) is 5.47. The topological polar surface area (TPSA) is 59.3 Å². The number of nitrogens with zero attached hydrogens (tertiary/aromatic N) is 3. The van der Waals surface area contributed by atoms with Gasteiger partial charge in [0.15, 0.2) is 0 Å². The minimum Gasteiger partial charge on any atom is -0.271 e. The Morgan fingerprint density at radius 1 is 1.33 bits per heavy atom. The quantitative estimate of drug-likeness (QED) is 0.676. The number of hydrogen-bond donors (Lipinski definition) is 1. The molecular weight excluding hydrogens is 264 g/mol. The number of amides is 1. The summed E-state index contributed by atoms with van der Waals surface area (Å²) in [7, 11) is 0. The molecule has 0 bridgehead atoms. The molecule has 5 heteroatoms. The number of carbonyl (C=O) groups excluding carboxylic acids is 1. The molecule has 0 saturated heterocycles.